The summed E-state index contributed by atoms with van der Waals surface area (Å²) in [7, 11) is 0. The van der Waals surface area contributed by atoms with Crippen LogP contribution >= 0.6 is 0 Å². The molecule has 1 amide bonds. The van der Waals surface area contributed by atoms with Crippen LogP contribution in [0.5, 0.6) is 11.5 Å². The third kappa shape index (κ3) is 4.91. The summed E-state index contributed by atoms with van der Waals surface area (Å²) in [5, 5.41) is 4.27. The Bertz CT molecular complexity index is 1190. The first-order valence-corrected chi connectivity index (χ1v) is 11.3. The number of hydrogen-bond acceptors (Lipinski definition) is 5. The molecule has 33 heavy (non-hydrogen) atoms. The number of nitrogens with one attached hydrogen (secondary N) is 1. The summed E-state index contributed by atoms with van der Waals surface area (Å²) in [5.74, 6) is 1.20. The van der Waals surface area contributed by atoms with E-state index in [1.54, 1.807) is 0 Å². The molecule has 3 aromatic carbocycles. The van der Waals surface area contributed by atoms with Crippen LogP contribution in [0, 0.1) is 0 Å². The van der Waals surface area contributed by atoms with E-state index in [9.17, 15) is 4.79 Å². The fraction of sp³-hybridized carbons (Fsp3) is 0.259. The fourth-order valence-electron chi connectivity index (χ4n) is 4.24. The number of fused-ring (bicyclic) bond motifs is 2. The Labute approximate surface area is 193 Å². The molecule has 0 bridgehead atoms. The molecule has 0 spiro atoms. The van der Waals surface area contributed by atoms with Crippen LogP contribution < -0.4 is 14.9 Å². The van der Waals surface area contributed by atoms with E-state index in [0.717, 1.165) is 37.4 Å². The smallest absolute Gasteiger partial charge is 0.271 e. The zero-order valence-corrected chi connectivity index (χ0v) is 18.7. The average Bonchev–Trinajstić information content (AvgIpc) is 2.87. The molecule has 0 fully saturated rings. The van der Waals surface area contributed by atoms with Gasteiger partial charge < -0.3 is 9.47 Å². The Kier molecular flexibility index (Phi) is 6.09. The van der Waals surface area contributed by atoms with Gasteiger partial charge in [0, 0.05) is 30.8 Å². The summed E-state index contributed by atoms with van der Waals surface area (Å²) in [4.78, 5) is 15.0. The maximum atomic E-state index is 12.6. The minimum absolute atomic E-state index is 0.231. The van der Waals surface area contributed by atoms with Gasteiger partial charge in [-0.3, -0.25) is 9.69 Å². The lowest BCUT2D eigenvalue weighted by atomic mass is 9.99. The van der Waals surface area contributed by atoms with Crippen molar-refractivity contribution in [3.63, 3.8) is 0 Å². The lowest BCUT2D eigenvalue weighted by Crippen LogP contribution is -2.30. The van der Waals surface area contributed by atoms with E-state index < -0.39 is 0 Å². The van der Waals surface area contributed by atoms with Crippen LogP contribution in [-0.4, -0.2) is 36.3 Å². The first kappa shape index (κ1) is 21.2. The van der Waals surface area contributed by atoms with E-state index in [4.69, 9.17) is 9.47 Å². The predicted molar refractivity (Wildman–Crippen MR) is 128 cm³/mol. The second-order valence-electron chi connectivity index (χ2n) is 8.42. The van der Waals surface area contributed by atoms with Gasteiger partial charge in [-0.25, -0.2) is 5.43 Å². The molecule has 6 nitrogen and oxygen atoms in total. The second kappa shape index (κ2) is 9.46. The molecule has 1 N–H and O–H groups in total. The van der Waals surface area contributed by atoms with Gasteiger partial charge in [0.25, 0.3) is 5.91 Å². The van der Waals surface area contributed by atoms with E-state index in [-0.39, 0.29) is 5.91 Å². The molecule has 2 heterocycles. The molecule has 5 rings (SSSR count). The number of hydrogen-bond donors (Lipinski definition) is 1. The molecular weight excluding hydrogens is 414 g/mol. The Morgan fingerprint density at radius 2 is 1.67 bits per heavy atom. The van der Waals surface area contributed by atoms with Gasteiger partial charge in [-0.2, -0.15) is 5.10 Å². The highest BCUT2D eigenvalue weighted by molar-refractivity contribution is 6.01. The summed E-state index contributed by atoms with van der Waals surface area (Å²) in [6, 6.07) is 22.1. The number of rotatable bonds is 5. The maximum absolute atomic E-state index is 12.6. The summed E-state index contributed by atoms with van der Waals surface area (Å²) < 4.78 is 11.2. The highest BCUT2D eigenvalue weighted by atomic mass is 16.6. The van der Waals surface area contributed by atoms with Gasteiger partial charge in [0.05, 0.1) is 5.71 Å². The van der Waals surface area contributed by atoms with Crippen molar-refractivity contribution < 1.29 is 14.3 Å². The summed E-state index contributed by atoms with van der Waals surface area (Å²) >= 11 is 0. The van der Waals surface area contributed by atoms with Crippen molar-refractivity contribution in [2.24, 2.45) is 5.10 Å². The fourth-order valence-corrected chi connectivity index (χ4v) is 4.24. The number of ether oxygens (including phenoxy) is 2. The number of hydrazone groups is 1. The van der Waals surface area contributed by atoms with E-state index in [2.05, 4.69) is 39.7 Å². The van der Waals surface area contributed by atoms with Crippen molar-refractivity contribution in [2.45, 2.75) is 26.4 Å². The summed E-state index contributed by atoms with van der Waals surface area (Å²) in [6.45, 7) is 5.83. The van der Waals surface area contributed by atoms with Crippen molar-refractivity contribution in [1.29, 1.82) is 0 Å². The second-order valence-corrected chi connectivity index (χ2v) is 8.42. The van der Waals surface area contributed by atoms with Crippen molar-refractivity contribution in [3.8, 4) is 11.5 Å². The third-order valence-corrected chi connectivity index (χ3v) is 6.12. The monoisotopic (exact) mass is 441 g/mol. The van der Waals surface area contributed by atoms with Crippen LogP contribution in [0.15, 0.2) is 71.8 Å². The third-order valence-electron chi connectivity index (χ3n) is 6.12. The van der Waals surface area contributed by atoms with E-state index >= 15 is 0 Å². The minimum Gasteiger partial charge on any atom is -0.486 e. The van der Waals surface area contributed by atoms with Crippen molar-refractivity contribution in [2.75, 3.05) is 19.8 Å². The summed E-state index contributed by atoms with van der Waals surface area (Å²) in [6.07, 6.45) is 1.08. The minimum atomic E-state index is -0.231. The Morgan fingerprint density at radius 3 is 2.48 bits per heavy atom. The number of nitrogens with zero attached hydrogens (tertiary/aromatic N) is 2. The number of benzene rings is 3. The Morgan fingerprint density at radius 1 is 0.939 bits per heavy atom. The van der Waals surface area contributed by atoms with Gasteiger partial charge in [-0.15, -0.1) is 0 Å². The molecule has 0 saturated carbocycles. The highest BCUT2D eigenvalue weighted by Crippen LogP contribution is 2.30. The van der Waals surface area contributed by atoms with Gasteiger partial charge in [0.2, 0.25) is 0 Å². The topological polar surface area (TPSA) is 63.2 Å². The largest absolute Gasteiger partial charge is 0.486 e. The molecule has 3 aromatic rings. The molecule has 0 aromatic heterocycles. The molecule has 0 aliphatic carbocycles. The van der Waals surface area contributed by atoms with Crippen LogP contribution in [0.3, 0.4) is 0 Å². The van der Waals surface area contributed by atoms with Crippen molar-refractivity contribution >= 4 is 11.6 Å². The van der Waals surface area contributed by atoms with E-state index in [0.29, 0.717) is 30.2 Å². The van der Waals surface area contributed by atoms with Gasteiger partial charge in [-0.1, -0.05) is 36.4 Å². The molecule has 168 valence electrons. The molecule has 0 radical (unpaired) electrons. The predicted octanol–water partition coefficient (Wildman–Crippen LogP) is 4.17. The molecule has 0 saturated heterocycles. The van der Waals surface area contributed by atoms with Crippen LogP contribution in [-0.2, 0) is 19.5 Å². The molecular formula is C27H27N3O3. The van der Waals surface area contributed by atoms with Gasteiger partial charge in [0.15, 0.2) is 11.5 Å². The zero-order chi connectivity index (χ0) is 22.6. The van der Waals surface area contributed by atoms with Gasteiger partial charge in [0.1, 0.15) is 13.2 Å². The highest BCUT2D eigenvalue weighted by Gasteiger charge is 2.16. The quantitative estimate of drug-likeness (QED) is 0.477. The van der Waals surface area contributed by atoms with Crippen molar-refractivity contribution in [1.82, 2.24) is 10.3 Å². The standard InChI is InChI=1S/C27H27N3O3/c1-19(23-10-11-25-26(16-23)33-15-14-32-25)28-29-27(31)22-8-6-20(7-9-22)17-30-13-12-21-4-2-3-5-24(21)18-30/h2-11,16H,12-15,17-18H2,1H3,(H,29,31)/b28-19+. The Balaban J connectivity index is 1.18. The van der Waals surface area contributed by atoms with Gasteiger partial charge >= 0.3 is 0 Å². The van der Waals surface area contributed by atoms with Gasteiger partial charge in [-0.05, 0) is 60.4 Å². The normalized spacial score (nSPS) is 15.6. The Hall–Kier alpha value is -3.64. The van der Waals surface area contributed by atoms with E-state index in [1.807, 2.05) is 49.4 Å². The van der Waals surface area contributed by atoms with E-state index in [1.165, 1.54) is 16.7 Å². The molecule has 0 unspecified atom stereocenters. The lowest BCUT2D eigenvalue weighted by molar-refractivity contribution is 0.0955. The lowest BCUT2D eigenvalue weighted by Gasteiger charge is -2.28. The summed E-state index contributed by atoms with van der Waals surface area (Å²) in [5.41, 5.74) is 8.87. The zero-order valence-electron chi connectivity index (χ0n) is 18.7. The number of carbonyl (C=O) groups excluding carboxylic acids is 1. The van der Waals surface area contributed by atoms with Crippen LogP contribution in [0.25, 0.3) is 0 Å². The van der Waals surface area contributed by atoms with Crippen molar-refractivity contribution in [3.05, 3.63) is 94.5 Å². The molecule has 2 aliphatic heterocycles. The molecule has 0 atom stereocenters. The van der Waals surface area contributed by atoms with Crippen LogP contribution in [0.2, 0.25) is 0 Å². The number of carbonyl (C=O) groups is 1. The molecule has 2 aliphatic rings. The average molecular weight is 442 g/mol. The number of amides is 1. The molecule has 6 heteroatoms. The van der Waals surface area contributed by atoms with Crippen LogP contribution in [0.4, 0.5) is 0 Å². The maximum Gasteiger partial charge on any atom is 0.271 e. The SMILES string of the molecule is C/C(=N\NC(=O)c1ccc(CN2CCc3ccccc3C2)cc1)c1ccc2c(c1)OCCO2. The van der Waals surface area contributed by atoms with Crippen LogP contribution in [0.1, 0.15) is 39.5 Å². The first-order valence-electron chi connectivity index (χ1n) is 11.3. The first-order chi connectivity index (χ1) is 16.2.